The van der Waals surface area contributed by atoms with Crippen LogP contribution >= 0.6 is 0 Å². The predicted molar refractivity (Wildman–Crippen MR) is 162 cm³/mol. The van der Waals surface area contributed by atoms with Crippen LogP contribution in [0.15, 0.2) is 146 Å². The minimum absolute atomic E-state index is 0.307. The quantitative estimate of drug-likeness (QED) is 0.231. The molecule has 0 nitrogen and oxygen atoms in total. The van der Waals surface area contributed by atoms with Gasteiger partial charge in [-0.3, -0.25) is 0 Å². The smallest absolute Gasteiger partial charge is 0.0432 e. The number of benzene rings is 5. The summed E-state index contributed by atoms with van der Waals surface area (Å²) in [6, 6.07) is 46.4. The van der Waals surface area contributed by atoms with Crippen molar-refractivity contribution >= 4 is 5.57 Å². The van der Waals surface area contributed by atoms with Gasteiger partial charge < -0.3 is 0 Å². The van der Waals surface area contributed by atoms with Crippen molar-refractivity contribution in [2.45, 2.75) is 25.7 Å². The molecule has 5 aromatic rings. The van der Waals surface area contributed by atoms with Crippen LogP contribution in [0.25, 0.3) is 27.8 Å². The van der Waals surface area contributed by atoms with Crippen LogP contribution in [0.5, 0.6) is 0 Å². The Bertz CT molecular complexity index is 1560. The van der Waals surface area contributed by atoms with E-state index in [4.69, 9.17) is 0 Å². The van der Waals surface area contributed by atoms with Crippen molar-refractivity contribution in [1.82, 2.24) is 0 Å². The molecule has 0 amide bonds. The maximum absolute atomic E-state index is 2.46. The topological polar surface area (TPSA) is 0 Å². The van der Waals surface area contributed by atoms with E-state index in [9.17, 15) is 0 Å². The standard InChI is InChI=1S/C38H32/c1-28-12-10-16-32(26-28)34-18-6-8-20-36(34)38(24-22-31(23-25-38)30-14-4-3-5-15-30)37-21-9-7-19-35(37)33-17-11-13-29(2)27-33/h3-24,26-27H,25H2,1-2H3. The summed E-state index contributed by atoms with van der Waals surface area (Å²) in [6.07, 6.45) is 8.10. The molecule has 0 aromatic heterocycles. The Labute approximate surface area is 226 Å². The molecule has 0 N–H and O–H groups in total. The number of hydrogen-bond donors (Lipinski definition) is 0. The van der Waals surface area contributed by atoms with E-state index in [0.717, 1.165) is 6.42 Å². The fourth-order valence-corrected chi connectivity index (χ4v) is 5.90. The van der Waals surface area contributed by atoms with E-state index in [1.807, 2.05) is 0 Å². The SMILES string of the molecule is Cc1cccc(-c2ccccc2C2(c3ccccc3-c3cccc(C)c3)C=CC(c3ccccc3)=CC2)c1. The van der Waals surface area contributed by atoms with Crippen LogP contribution < -0.4 is 0 Å². The molecule has 0 spiro atoms. The molecule has 5 aromatic carbocycles. The highest BCUT2D eigenvalue weighted by Crippen LogP contribution is 2.48. The average Bonchev–Trinajstić information content (AvgIpc) is 2.98. The predicted octanol–water partition coefficient (Wildman–Crippen LogP) is 9.97. The monoisotopic (exact) mass is 488 g/mol. The first kappa shape index (κ1) is 23.9. The summed E-state index contributed by atoms with van der Waals surface area (Å²) in [6.45, 7) is 4.34. The van der Waals surface area contributed by atoms with Crippen molar-refractivity contribution in [3.05, 3.63) is 173 Å². The van der Waals surface area contributed by atoms with Crippen molar-refractivity contribution in [2.75, 3.05) is 0 Å². The number of hydrogen-bond acceptors (Lipinski definition) is 0. The van der Waals surface area contributed by atoms with Gasteiger partial charge in [-0.05, 0) is 64.8 Å². The highest BCUT2D eigenvalue weighted by atomic mass is 14.4. The molecule has 0 atom stereocenters. The molecule has 0 saturated heterocycles. The van der Waals surface area contributed by atoms with Crippen LogP contribution in [0.4, 0.5) is 0 Å². The Morgan fingerprint density at radius 2 is 1.00 bits per heavy atom. The molecule has 0 heteroatoms. The number of rotatable bonds is 5. The minimum atomic E-state index is -0.307. The first-order valence-electron chi connectivity index (χ1n) is 13.4. The third-order valence-electron chi connectivity index (χ3n) is 7.77. The molecule has 38 heavy (non-hydrogen) atoms. The average molecular weight is 489 g/mol. The Balaban J connectivity index is 1.59. The molecule has 1 aliphatic rings. The van der Waals surface area contributed by atoms with E-state index in [1.54, 1.807) is 0 Å². The molecule has 0 saturated carbocycles. The van der Waals surface area contributed by atoms with Gasteiger partial charge in [-0.2, -0.15) is 0 Å². The molecule has 0 heterocycles. The first-order chi connectivity index (χ1) is 18.6. The van der Waals surface area contributed by atoms with Crippen molar-refractivity contribution in [3.8, 4) is 22.3 Å². The van der Waals surface area contributed by atoms with Gasteiger partial charge in [-0.25, -0.2) is 0 Å². The van der Waals surface area contributed by atoms with Gasteiger partial charge >= 0.3 is 0 Å². The van der Waals surface area contributed by atoms with Crippen molar-refractivity contribution in [2.24, 2.45) is 0 Å². The second-order valence-corrected chi connectivity index (χ2v) is 10.4. The summed E-state index contributed by atoms with van der Waals surface area (Å²) in [4.78, 5) is 0. The maximum atomic E-state index is 2.46. The zero-order valence-electron chi connectivity index (χ0n) is 22.1. The number of aryl methyl sites for hydroxylation is 2. The van der Waals surface area contributed by atoms with Gasteiger partial charge in [0.2, 0.25) is 0 Å². The summed E-state index contributed by atoms with van der Waals surface area (Å²) in [5, 5.41) is 0. The second kappa shape index (κ2) is 10.1. The molecule has 0 fully saturated rings. The van der Waals surface area contributed by atoms with Gasteiger partial charge in [-0.15, -0.1) is 0 Å². The van der Waals surface area contributed by atoms with Gasteiger partial charge in [0, 0.05) is 5.41 Å². The Morgan fingerprint density at radius 3 is 1.50 bits per heavy atom. The Morgan fingerprint density at radius 1 is 0.500 bits per heavy atom. The zero-order valence-corrected chi connectivity index (χ0v) is 22.1. The van der Waals surface area contributed by atoms with E-state index < -0.39 is 0 Å². The lowest BCUT2D eigenvalue weighted by atomic mass is 9.65. The second-order valence-electron chi connectivity index (χ2n) is 10.4. The van der Waals surface area contributed by atoms with Gasteiger partial charge in [-0.1, -0.05) is 157 Å². The summed E-state index contributed by atoms with van der Waals surface area (Å²) in [5.74, 6) is 0. The van der Waals surface area contributed by atoms with E-state index in [1.165, 1.54) is 55.6 Å². The third-order valence-corrected chi connectivity index (χ3v) is 7.77. The van der Waals surface area contributed by atoms with E-state index in [-0.39, 0.29) is 5.41 Å². The van der Waals surface area contributed by atoms with Gasteiger partial charge in [0.05, 0.1) is 0 Å². The Kier molecular flexibility index (Phi) is 6.40. The first-order valence-corrected chi connectivity index (χ1v) is 13.4. The van der Waals surface area contributed by atoms with Crippen LogP contribution in [0.2, 0.25) is 0 Å². The fourth-order valence-electron chi connectivity index (χ4n) is 5.90. The zero-order chi connectivity index (χ0) is 26.0. The summed E-state index contributed by atoms with van der Waals surface area (Å²) in [5.41, 5.74) is 12.6. The maximum Gasteiger partial charge on any atom is 0.0432 e. The Hall–Kier alpha value is -4.42. The molecule has 0 bridgehead atoms. The van der Waals surface area contributed by atoms with Crippen molar-refractivity contribution in [1.29, 1.82) is 0 Å². The highest BCUT2D eigenvalue weighted by Gasteiger charge is 2.36. The van der Waals surface area contributed by atoms with Gasteiger partial charge in [0.25, 0.3) is 0 Å². The lowest BCUT2D eigenvalue weighted by molar-refractivity contribution is 0.653. The van der Waals surface area contributed by atoms with Crippen molar-refractivity contribution < 1.29 is 0 Å². The molecule has 0 aliphatic heterocycles. The van der Waals surface area contributed by atoms with E-state index in [0.29, 0.717) is 0 Å². The summed E-state index contributed by atoms with van der Waals surface area (Å²) in [7, 11) is 0. The lowest BCUT2D eigenvalue weighted by Crippen LogP contribution is -2.28. The number of allylic oxidation sites excluding steroid dienone is 4. The fraction of sp³-hybridized carbons (Fsp3) is 0.105. The molecule has 6 rings (SSSR count). The molecule has 1 aliphatic carbocycles. The molecular weight excluding hydrogens is 456 g/mol. The van der Waals surface area contributed by atoms with Crippen LogP contribution in [0, 0.1) is 13.8 Å². The third kappa shape index (κ3) is 4.44. The van der Waals surface area contributed by atoms with Crippen LogP contribution in [0.3, 0.4) is 0 Å². The van der Waals surface area contributed by atoms with E-state index in [2.05, 4.69) is 159 Å². The lowest BCUT2D eigenvalue weighted by Gasteiger charge is -2.37. The van der Waals surface area contributed by atoms with E-state index >= 15 is 0 Å². The van der Waals surface area contributed by atoms with Gasteiger partial charge in [0.15, 0.2) is 0 Å². The van der Waals surface area contributed by atoms with Crippen molar-refractivity contribution in [3.63, 3.8) is 0 Å². The molecule has 184 valence electrons. The van der Waals surface area contributed by atoms with Crippen LogP contribution in [-0.2, 0) is 5.41 Å². The summed E-state index contributed by atoms with van der Waals surface area (Å²) < 4.78 is 0. The van der Waals surface area contributed by atoms with Crippen LogP contribution in [0.1, 0.15) is 34.2 Å². The largest absolute Gasteiger partial charge is 0.0751 e. The molecule has 0 radical (unpaired) electrons. The molecule has 0 unspecified atom stereocenters. The van der Waals surface area contributed by atoms with Crippen LogP contribution in [-0.4, -0.2) is 0 Å². The summed E-state index contributed by atoms with van der Waals surface area (Å²) >= 11 is 0. The molecular formula is C38H32. The van der Waals surface area contributed by atoms with Gasteiger partial charge in [0.1, 0.15) is 0 Å². The normalized spacial score (nSPS) is 14.2. The highest BCUT2D eigenvalue weighted by molar-refractivity contribution is 5.81. The minimum Gasteiger partial charge on any atom is -0.0751 e.